The van der Waals surface area contributed by atoms with Gasteiger partial charge in [0, 0.05) is 6.42 Å². The number of carbonyl (C=O) groups is 1. The molecule has 150 valence electrons. The SMILES string of the molecule is CC/C=C(/C/C(=C/C/C=C/C/C=C/CCCCCCC=O)[N+](=O)[O-])[N+](=O)[O-]. The number of aldehydes is 1. The molecule has 7 heteroatoms. The van der Waals surface area contributed by atoms with E-state index < -0.39 is 9.85 Å². The fourth-order valence-corrected chi connectivity index (χ4v) is 2.38. The van der Waals surface area contributed by atoms with Crippen molar-refractivity contribution in [1.29, 1.82) is 0 Å². The number of nitro groups is 2. The molecule has 0 saturated heterocycles. The Labute approximate surface area is 160 Å². The number of rotatable bonds is 16. The van der Waals surface area contributed by atoms with Gasteiger partial charge in [-0.25, -0.2) is 0 Å². The molecule has 0 aliphatic rings. The van der Waals surface area contributed by atoms with Crippen molar-refractivity contribution in [3.05, 3.63) is 68.1 Å². The normalized spacial score (nSPS) is 12.8. The molecule has 0 bridgehead atoms. The Hall–Kier alpha value is -2.57. The molecule has 0 radical (unpaired) electrons. The molecule has 0 aliphatic carbocycles. The lowest BCUT2D eigenvalue weighted by Gasteiger charge is -1.97. The molecule has 0 aromatic heterocycles. The van der Waals surface area contributed by atoms with Gasteiger partial charge in [-0.1, -0.05) is 44.1 Å². The molecule has 0 atom stereocenters. The first-order valence-corrected chi connectivity index (χ1v) is 9.43. The molecule has 0 aromatic rings. The highest BCUT2D eigenvalue weighted by Crippen LogP contribution is 2.14. The Morgan fingerprint density at radius 2 is 1.33 bits per heavy atom. The summed E-state index contributed by atoms with van der Waals surface area (Å²) in [4.78, 5) is 31.0. The smallest absolute Gasteiger partial charge is 0.253 e. The highest BCUT2D eigenvalue weighted by atomic mass is 16.6. The van der Waals surface area contributed by atoms with E-state index in [9.17, 15) is 25.0 Å². The number of hydrogen-bond acceptors (Lipinski definition) is 5. The minimum atomic E-state index is -0.566. The maximum atomic E-state index is 11.0. The molecule has 0 amide bonds. The van der Waals surface area contributed by atoms with Crippen molar-refractivity contribution in [1.82, 2.24) is 0 Å². The molecule has 27 heavy (non-hydrogen) atoms. The summed E-state index contributed by atoms with van der Waals surface area (Å²) >= 11 is 0. The summed E-state index contributed by atoms with van der Waals surface area (Å²) in [6, 6.07) is 0. The van der Waals surface area contributed by atoms with Crippen molar-refractivity contribution >= 4 is 6.29 Å². The van der Waals surface area contributed by atoms with Crippen molar-refractivity contribution in [3.63, 3.8) is 0 Å². The van der Waals surface area contributed by atoms with Crippen LogP contribution in [0.4, 0.5) is 0 Å². The van der Waals surface area contributed by atoms with Gasteiger partial charge in [-0.3, -0.25) is 20.2 Å². The molecule has 7 nitrogen and oxygen atoms in total. The van der Waals surface area contributed by atoms with Gasteiger partial charge in [-0.2, -0.15) is 0 Å². The lowest BCUT2D eigenvalue weighted by Crippen LogP contribution is -2.06. The van der Waals surface area contributed by atoms with Crippen LogP contribution in [0.25, 0.3) is 0 Å². The molecule has 0 aromatic carbocycles. The first-order chi connectivity index (χ1) is 13.0. The monoisotopic (exact) mass is 378 g/mol. The fourth-order valence-electron chi connectivity index (χ4n) is 2.38. The van der Waals surface area contributed by atoms with Gasteiger partial charge >= 0.3 is 0 Å². The topological polar surface area (TPSA) is 103 Å². The molecular weight excluding hydrogens is 348 g/mol. The first-order valence-electron chi connectivity index (χ1n) is 9.43. The van der Waals surface area contributed by atoms with E-state index >= 15 is 0 Å². The predicted molar refractivity (Wildman–Crippen MR) is 106 cm³/mol. The van der Waals surface area contributed by atoms with E-state index in [1.165, 1.54) is 12.2 Å². The molecule has 0 spiro atoms. The second-order valence-electron chi connectivity index (χ2n) is 6.06. The van der Waals surface area contributed by atoms with E-state index in [0.29, 0.717) is 19.3 Å². The van der Waals surface area contributed by atoms with E-state index in [2.05, 4.69) is 12.2 Å². The number of unbranched alkanes of at least 4 members (excludes halogenated alkanes) is 5. The predicted octanol–water partition coefficient (Wildman–Crippen LogP) is 5.54. The minimum Gasteiger partial charge on any atom is -0.303 e. The molecule has 0 aliphatic heterocycles. The third-order valence-electron chi connectivity index (χ3n) is 3.81. The van der Waals surface area contributed by atoms with Crippen LogP contribution < -0.4 is 0 Å². The second-order valence-corrected chi connectivity index (χ2v) is 6.06. The van der Waals surface area contributed by atoms with E-state index in [1.807, 2.05) is 12.2 Å². The van der Waals surface area contributed by atoms with E-state index in [4.69, 9.17) is 0 Å². The molecule has 0 heterocycles. The molecular formula is C20H30N2O5. The largest absolute Gasteiger partial charge is 0.303 e. The Morgan fingerprint density at radius 1 is 0.778 bits per heavy atom. The van der Waals surface area contributed by atoms with E-state index in [0.717, 1.165) is 44.8 Å². The Kier molecular flexibility index (Phi) is 15.3. The van der Waals surface area contributed by atoms with Gasteiger partial charge < -0.3 is 4.79 Å². The molecule has 0 N–H and O–H groups in total. The summed E-state index contributed by atoms with van der Waals surface area (Å²) < 4.78 is 0. The summed E-state index contributed by atoms with van der Waals surface area (Å²) in [5, 5.41) is 21.9. The van der Waals surface area contributed by atoms with Gasteiger partial charge in [0.1, 0.15) is 12.7 Å². The van der Waals surface area contributed by atoms with Gasteiger partial charge in [-0.15, -0.1) is 0 Å². The van der Waals surface area contributed by atoms with Crippen molar-refractivity contribution in [2.75, 3.05) is 0 Å². The van der Waals surface area contributed by atoms with Crippen molar-refractivity contribution in [2.45, 2.75) is 71.1 Å². The summed E-state index contributed by atoms with van der Waals surface area (Å²) in [5.74, 6) is 0. The second kappa shape index (κ2) is 16.9. The Morgan fingerprint density at radius 3 is 1.93 bits per heavy atom. The van der Waals surface area contributed by atoms with Crippen LogP contribution in [0.5, 0.6) is 0 Å². The highest BCUT2D eigenvalue weighted by Gasteiger charge is 2.20. The Balaban J connectivity index is 4.18. The maximum Gasteiger partial charge on any atom is 0.253 e. The lowest BCUT2D eigenvalue weighted by molar-refractivity contribution is -0.450. The molecule has 0 unspecified atom stereocenters. The molecule has 0 rings (SSSR count). The van der Waals surface area contributed by atoms with E-state index in [1.54, 1.807) is 6.92 Å². The highest BCUT2D eigenvalue weighted by molar-refractivity contribution is 5.48. The Bertz CT molecular complexity index is 577. The van der Waals surface area contributed by atoms with E-state index in [-0.39, 0.29) is 17.8 Å². The number of nitrogens with zero attached hydrogens (tertiary/aromatic N) is 2. The minimum absolute atomic E-state index is 0.140. The maximum absolute atomic E-state index is 11.0. The van der Waals surface area contributed by atoms with Crippen molar-refractivity contribution in [3.8, 4) is 0 Å². The molecule has 0 saturated carbocycles. The zero-order chi connectivity index (χ0) is 20.3. The van der Waals surface area contributed by atoms with Crippen LogP contribution in [0.1, 0.15) is 71.1 Å². The first kappa shape index (κ1) is 24.4. The zero-order valence-electron chi connectivity index (χ0n) is 16.0. The number of hydrogen-bond donors (Lipinski definition) is 0. The third-order valence-corrected chi connectivity index (χ3v) is 3.81. The summed E-state index contributed by atoms with van der Waals surface area (Å²) in [5.41, 5.74) is -0.292. The third kappa shape index (κ3) is 14.3. The zero-order valence-corrected chi connectivity index (χ0v) is 16.0. The van der Waals surface area contributed by atoms with Crippen LogP contribution in [-0.4, -0.2) is 16.1 Å². The van der Waals surface area contributed by atoms with Gasteiger partial charge in [0.2, 0.25) is 0 Å². The molecule has 0 fully saturated rings. The fraction of sp³-hybridized carbons (Fsp3) is 0.550. The van der Waals surface area contributed by atoms with Crippen LogP contribution in [0.2, 0.25) is 0 Å². The quantitative estimate of drug-likeness (QED) is 0.115. The standard InChI is InChI=1S/C20H30N2O5/c1-2-15-19(21(24)25)18-20(22(26)27)16-13-11-9-7-5-3-4-6-8-10-12-14-17-23/h3,5,9,11,15-17H,2,4,6-8,10,12-14,18H2,1H3/b5-3+,11-9+,19-15-,20-16-. The van der Waals surface area contributed by atoms with Gasteiger partial charge in [0.15, 0.2) is 0 Å². The van der Waals surface area contributed by atoms with Crippen LogP contribution in [0.3, 0.4) is 0 Å². The average molecular weight is 378 g/mol. The van der Waals surface area contributed by atoms with Gasteiger partial charge in [0.25, 0.3) is 11.4 Å². The van der Waals surface area contributed by atoms with Crippen molar-refractivity contribution < 1.29 is 14.6 Å². The summed E-state index contributed by atoms with van der Waals surface area (Å²) in [6.45, 7) is 1.75. The summed E-state index contributed by atoms with van der Waals surface area (Å²) in [7, 11) is 0. The van der Waals surface area contributed by atoms with Gasteiger partial charge in [0.05, 0.1) is 9.85 Å². The summed E-state index contributed by atoms with van der Waals surface area (Å²) in [6.07, 6.45) is 19.0. The number of allylic oxidation sites excluding steroid dienone is 6. The van der Waals surface area contributed by atoms with Crippen LogP contribution in [-0.2, 0) is 4.79 Å². The van der Waals surface area contributed by atoms with Gasteiger partial charge in [-0.05, 0) is 50.7 Å². The van der Waals surface area contributed by atoms with Crippen molar-refractivity contribution in [2.24, 2.45) is 0 Å². The average Bonchev–Trinajstić information content (AvgIpc) is 2.63. The number of carbonyl (C=O) groups excluding carboxylic acids is 1. The van der Waals surface area contributed by atoms with Crippen LogP contribution in [0.15, 0.2) is 47.9 Å². The van der Waals surface area contributed by atoms with Crippen LogP contribution >= 0.6 is 0 Å². The van der Waals surface area contributed by atoms with Crippen LogP contribution in [0, 0.1) is 20.2 Å². The lowest BCUT2D eigenvalue weighted by atomic mass is 10.1.